The molecule has 1 fully saturated rings. The summed E-state index contributed by atoms with van der Waals surface area (Å²) in [5.41, 5.74) is 2.31. The third kappa shape index (κ3) is 5.24. The van der Waals surface area contributed by atoms with Gasteiger partial charge in [-0.15, -0.1) is 0 Å². The second-order valence-corrected chi connectivity index (χ2v) is 10.1. The van der Waals surface area contributed by atoms with Crippen LogP contribution in [0.5, 0.6) is 5.75 Å². The first-order valence-corrected chi connectivity index (χ1v) is 12.6. The number of hydrogen-bond donors (Lipinski definition) is 1. The van der Waals surface area contributed by atoms with Crippen molar-refractivity contribution >= 4 is 21.9 Å². The number of carbonyl (C=O) groups is 2. The molecule has 0 aromatic heterocycles. The van der Waals surface area contributed by atoms with Crippen molar-refractivity contribution in [3.63, 3.8) is 0 Å². The van der Waals surface area contributed by atoms with Crippen molar-refractivity contribution in [2.24, 2.45) is 0 Å². The highest BCUT2D eigenvalue weighted by atomic mass is 32.2. The predicted molar refractivity (Wildman–Crippen MR) is 123 cm³/mol. The maximum atomic E-state index is 13.1. The van der Waals surface area contributed by atoms with Crippen LogP contribution in [0.25, 0.3) is 0 Å². The van der Waals surface area contributed by atoms with E-state index in [1.165, 1.54) is 35.2 Å². The fourth-order valence-electron chi connectivity index (χ4n) is 4.29. The average Bonchev–Trinajstić information content (AvgIpc) is 2.87. The molecule has 1 heterocycles. The van der Waals surface area contributed by atoms with Crippen LogP contribution in [0.3, 0.4) is 0 Å². The molecule has 0 radical (unpaired) electrons. The van der Waals surface area contributed by atoms with E-state index < -0.39 is 28.5 Å². The summed E-state index contributed by atoms with van der Waals surface area (Å²) < 4.78 is 43.1. The first-order chi connectivity index (χ1) is 16.4. The molecule has 1 saturated heterocycles. The molecule has 10 heteroatoms. The Morgan fingerprint density at radius 1 is 1.15 bits per heavy atom. The van der Waals surface area contributed by atoms with Crippen molar-refractivity contribution in [3.05, 3.63) is 59.2 Å². The smallest absolute Gasteiger partial charge is 0.338 e. The van der Waals surface area contributed by atoms with Crippen molar-refractivity contribution in [1.82, 2.24) is 9.62 Å². The highest BCUT2D eigenvalue weighted by Crippen LogP contribution is 2.30. The lowest BCUT2D eigenvalue weighted by Gasteiger charge is -2.27. The van der Waals surface area contributed by atoms with Crippen LogP contribution in [0.4, 0.5) is 0 Å². The minimum Gasteiger partial charge on any atom is -0.495 e. The number of methoxy groups -OCH3 is 1. The van der Waals surface area contributed by atoms with E-state index in [0.29, 0.717) is 13.2 Å². The number of nitrogens with one attached hydrogen (secondary N) is 1. The maximum Gasteiger partial charge on any atom is 0.338 e. The summed E-state index contributed by atoms with van der Waals surface area (Å²) in [6, 6.07) is 11.9. The fraction of sp³-hybridized carbons (Fsp3) is 0.417. The Balaban J connectivity index is 1.42. The summed E-state index contributed by atoms with van der Waals surface area (Å²) in [7, 11) is -2.54. The average molecular weight is 489 g/mol. The van der Waals surface area contributed by atoms with E-state index in [1.54, 1.807) is 0 Å². The highest BCUT2D eigenvalue weighted by molar-refractivity contribution is 7.89. The van der Waals surface area contributed by atoms with Gasteiger partial charge in [0.05, 0.1) is 31.9 Å². The second-order valence-electron chi connectivity index (χ2n) is 8.17. The third-order valence-corrected chi connectivity index (χ3v) is 7.95. The van der Waals surface area contributed by atoms with E-state index in [-0.39, 0.29) is 35.3 Å². The molecule has 1 unspecified atom stereocenters. The van der Waals surface area contributed by atoms with Crippen LogP contribution in [0.1, 0.15) is 40.4 Å². The van der Waals surface area contributed by atoms with Crippen molar-refractivity contribution in [1.29, 1.82) is 0 Å². The topological polar surface area (TPSA) is 111 Å². The van der Waals surface area contributed by atoms with Crippen LogP contribution in [0.2, 0.25) is 0 Å². The van der Waals surface area contributed by atoms with Crippen molar-refractivity contribution < 1.29 is 32.2 Å². The summed E-state index contributed by atoms with van der Waals surface area (Å²) in [5.74, 6) is -1.08. The van der Waals surface area contributed by atoms with E-state index in [4.69, 9.17) is 14.2 Å². The number of morpholine rings is 1. The molecule has 0 spiro atoms. The Kier molecular flexibility index (Phi) is 7.50. The predicted octanol–water partition coefficient (Wildman–Crippen LogP) is 2.07. The van der Waals surface area contributed by atoms with E-state index >= 15 is 0 Å². The largest absolute Gasteiger partial charge is 0.495 e. The van der Waals surface area contributed by atoms with E-state index in [1.807, 2.05) is 18.2 Å². The van der Waals surface area contributed by atoms with Gasteiger partial charge in [-0.1, -0.05) is 24.3 Å². The lowest BCUT2D eigenvalue weighted by atomic mass is 9.88. The highest BCUT2D eigenvalue weighted by Gasteiger charge is 2.30. The summed E-state index contributed by atoms with van der Waals surface area (Å²) in [5, 5.41) is 2.93. The summed E-state index contributed by atoms with van der Waals surface area (Å²) in [6.45, 7) is 0.554. The number of aryl methyl sites for hydroxylation is 1. The molecule has 0 saturated carbocycles. The minimum atomic E-state index is -3.90. The zero-order valence-electron chi connectivity index (χ0n) is 19.0. The first kappa shape index (κ1) is 24.2. The number of carbonyl (C=O) groups excluding carboxylic acids is 2. The molecule has 182 valence electrons. The van der Waals surface area contributed by atoms with Crippen LogP contribution in [-0.2, 0) is 30.7 Å². The van der Waals surface area contributed by atoms with Crippen LogP contribution < -0.4 is 10.1 Å². The fourth-order valence-corrected chi connectivity index (χ4v) is 5.88. The van der Waals surface area contributed by atoms with Crippen LogP contribution in [-0.4, -0.2) is 64.6 Å². The molecule has 34 heavy (non-hydrogen) atoms. The zero-order chi connectivity index (χ0) is 24.1. The Bertz CT molecular complexity index is 1160. The number of ether oxygens (including phenoxy) is 3. The Labute approximate surface area is 199 Å². The lowest BCUT2D eigenvalue weighted by Crippen LogP contribution is -2.40. The lowest BCUT2D eigenvalue weighted by molar-refractivity contribution is -0.125. The van der Waals surface area contributed by atoms with E-state index in [0.717, 1.165) is 24.8 Å². The van der Waals surface area contributed by atoms with Gasteiger partial charge in [0.15, 0.2) is 6.61 Å². The Morgan fingerprint density at radius 3 is 2.68 bits per heavy atom. The number of benzene rings is 2. The molecular weight excluding hydrogens is 460 g/mol. The first-order valence-electron chi connectivity index (χ1n) is 11.2. The van der Waals surface area contributed by atoms with Gasteiger partial charge in [0.1, 0.15) is 10.6 Å². The van der Waals surface area contributed by atoms with Crippen molar-refractivity contribution in [2.75, 3.05) is 40.0 Å². The number of sulfonamides is 1. The minimum absolute atomic E-state index is 0.0171. The SMILES string of the molecule is COc1ccc(C(=O)OCC(=O)NC2CCCc3ccccc32)cc1S(=O)(=O)N1CCOCC1. The van der Waals surface area contributed by atoms with Crippen molar-refractivity contribution in [2.45, 2.75) is 30.2 Å². The second kappa shape index (κ2) is 10.5. The van der Waals surface area contributed by atoms with Gasteiger partial charge < -0.3 is 19.5 Å². The molecular formula is C24H28N2O7S. The van der Waals surface area contributed by atoms with Gasteiger partial charge >= 0.3 is 5.97 Å². The van der Waals surface area contributed by atoms with Gasteiger partial charge in [-0.25, -0.2) is 13.2 Å². The van der Waals surface area contributed by atoms with E-state index in [2.05, 4.69) is 11.4 Å². The Hall–Kier alpha value is -2.95. The van der Waals surface area contributed by atoms with Crippen LogP contribution >= 0.6 is 0 Å². The quantitative estimate of drug-likeness (QED) is 0.594. The molecule has 1 aliphatic carbocycles. The molecule has 1 aliphatic heterocycles. The van der Waals surface area contributed by atoms with E-state index in [9.17, 15) is 18.0 Å². The number of fused-ring (bicyclic) bond motifs is 1. The zero-order valence-corrected chi connectivity index (χ0v) is 19.8. The number of esters is 1. The molecule has 1 atom stereocenters. The van der Waals surface area contributed by atoms with Gasteiger partial charge in [0.25, 0.3) is 5.91 Å². The number of rotatable bonds is 7. The van der Waals surface area contributed by atoms with Crippen LogP contribution in [0.15, 0.2) is 47.4 Å². The number of nitrogens with zero attached hydrogens (tertiary/aromatic N) is 1. The van der Waals surface area contributed by atoms with Crippen molar-refractivity contribution in [3.8, 4) is 5.75 Å². The molecule has 1 N–H and O–H groups in total. The number of amides is 1. The molecule has 1 amide bonds. The standard InChI is InChI=1S/C24H28N2O7S/c1-31-21-10-9-18(15-22(21)34(29,30)26-11-13-32-14-12-26)24(28)33-16-23(27)25-20-8-4-6-17-5-2-3-7-19(17)20/h2-3,5,7,9-10,15,20H,4,6,8,11-14,16H2,1H3,(H,25,27). The molecule has 9 nitrogen and oxygen atoms in total. The molecule has 2 aromatic rings. The number of hydrogen-bond acceptors (Lipinski definition) is 7. The van der Waals surface area contributed by atoms with Gasteiger partial charge in [-0.05, 0) is 48.6 Å². The van der Waals surface area contributed by atoms with Crippen LogP contribution in [0, 0.1) is 0 Å². The molecule has 4 rings (SSSR count). The Morgan fingerprint density at radius 2 is 1.91 bits per heavy atom. The van der Waals surface area contributed by atoms with Gasteiger partial charge in [-0.3, -0.25) is 4.79 Å². The normalized spacial score (nSPS) is 18.6. The maximum absolute atomic E-state index is 13.1. The monoisotopic (exact) mass is 488 g/mol. The molecule has 0 bridgehead atoms. The molecule has 2 aromatic carbocycles. The van der Waals surface area contributed by atoms with Gasteiger partial charge in [0.2, 0.25) is 10.0 Å². The summed E-state index contributed by atoms with van der Waals surface area (Å²) >= 11 is 0. The van der Waals surface area contributed by atoms with Gasteiger partial charge in [-0.2, -0.15) is 4.31 Å². The summed E-state index contributed by atoms with van der Waals surface area (Å²) in [6.07, 6.45) is 2.76. The van der Waals surface area contributed by atoms with Gasteiger partial charge in [0, 0.05) is 13.1 Å². The summed E-state index contributed by atoms with van der Waals surface area (Å²) in [4.78, 5) is 25.0. The third-order valence-electron chi connectivity index (χ3n) is 6.03. The molecule has 2 aliphatic rings.